The van der Waals surface area contributed by atoms with Crippen molar-refractivity contribution in [3.8, 4) is 5.75 Å². The maximum absolute atomic E-state index is 11.4. The van der Waals surface area contributed by atoms with Gasteiger partial charge < -0.3 is 4.74 Å². The third-order valence-electron chi connectivity index (χ3n) is 2.02. The summed E-state index contributed by atoms with van der Waals surface area (Å²) in [6.07, 6.45) is 0.662. The van der Waals surface area contributed by atoms with Gasteiger partial charge in [-0.25, -0.2) is 8.42 Å². The Labute approximate surface area is 101 Å². The van der Waals surface area contributed by atoms with Crippen molar-refractivity contribution in [2.75, 3.05) is 13.4 Å². The highest BCUT2D eigenvalue weighted by Gasteiger charge is 2.34. The van der Waals surface area contributed by atoms with Crippen LogP contribution in [0.4, 0.5) is 11.4 Å². The van der Waals surface area contributed by atoms with E-state index in [1.54, 1.807) is 0 Å². The lowest BCUT2D eigenvalue weighted by molar-refractivity contribution is -0.399. The molecule has 18 heavy (non-hydrogen) atoms. The van der Waals surface area contributed by atoms with Crippen LogP contribution in [0, 0.1) is 20.2 Å². The molecule has 0 atom stereocenters. The molecule has 0 bridgehead atoms. The summed E-state index contributed by atoms with van der Waals surface area (Å²) in [5, 5.41) is 21.5. The Hall–Kier alpha value is -2.23. The second-order valence-corrected chi connectivity index (χ2v) is 5.23. The number of hydrogen-bond acceptors (Lipinski definition) is 7. The Bertz CT molecular complexity index is 587. The normalized spacial score (nSPS) is 11.0. The van der Waals surface area contributed by atoms with Crippen LogP contribution >= 0.6 is 0 Å². The molecular formula is C8H8N2O7S. The van der Waals surface area contributed by atoms with E-state index in [2.05, 4.69) is 4.74 Å². The van der Waals surface area contributed by atoms with Crippen LogP contribution < -0.4 is 4.74 Å². The molecule has 0 aliphatic heterocycles. The monoisotopic (exact) mass is 276 g/mol. The van der Waals surface area contributed by atoms with Gasteiger partial charge in [0.05, 0.1) is 29.1 Å². The molecule has 0 N–H and O–H groups in total. The molecule has 0 saturated carbocycles. The van der Waals surface area contributed by atoms with Crippen molar-refractivity contribution < 1.29 is 23.0 Å². The molecule has 98 valence electrons. The minimum absolute atomic E-state index is 0.166. The number of methoxy groups -OCH3 is 1. The van der Waals surface area contributed by atoms with E-state index in [4.69, 9.17) is 0 Å². The van der Waals surface area contributed by atoms with Gasteiger partial charge in [0.15, 0.2) is 9.84 Å². The maximum Gasteiger partial charge on any atom is 0.298 e. The number of nitro groups is 2. The number of rotatable bonds is 4. The number of benzene rings is 1. The molecule has 9 nitrogen and oxygen atoms in total. The topological polar surface area (TPSA) is 130 Å². The molecule has 0 aliphatic rings. The van der Waals surface area contributed by atoms with E-state index < -0.39 is 36.0 Å². The number of hydrogen-bond donors (Lipinski definition) is 0. The summed E-state index contributed by atoms with van der Waals surface area (Å²) in [7, 11) is -2.96. The molecule has 0 saturated heterocycles. The predicted octanol–water partition coefficient (Wildman–Crippen LogP) is 0.915. The number of ether oxygens (including phenoxy) is 1. The third kappa shape index (κ3) is 2.53. The first kappa shape index (κ1) is 13.8. The summed E-state index contributed by atoms with van der Waals surface area (Å²) in [5.74, 6) is -0.166. The summed E-state index contributed by atoms with van der Waals surface area (Å²) in [6.45, 7) is 0. The second kappa shape index (κ2) is 4.56. The molecular weight excluding hydrogens is 268 g/mol. The van der Waals surface area contributed by atoms with E-state index in [9.17, 15) is 28.6 Å². The van der Waals surface area contributed by atoms with Gasteiger partial charge in [-0.05, 0) is 0 Å². The standard InChI is InChI=1S/C8H8N2O7S/c1-17-5-3-6(9(11)12)8(18(2,15)16)7(4-5)10(13)14/h3-4H,1-2H3. The van der Waals surface area contributed by atoms with Gasteiger partial charge in [-0.3, -0.25) is 20.2 Å². The molecule has 0 spiro atoms. The van der Waals surface area contributed by atoms with Crippen LogP contribution in [0.1, 0.15) is 0 Å². The molecule has 1 aromatic carbocycles. The van der Waals surface area contributed by atoms with Crippen LogP contribution in [0.25, 0.3) is 0 Å². The summed E-state index contributed by atoms with van der Waals surface area (Å²) in [6, 6.07) is 1.65. The average Bonchev–Trinajstić information content (AvgIpc) is 2.25. The highest BCUT2D eigenvalue weighted by Crippen LogP contribution is 2.36. The molecule has 0 aromatic heterocycles. The van der Waals surface area contributed by atoms with Gasteiger partial charge in [0.1, 0.15) is 5.75 Å². The quantitative estimate of drug-likeness (QED) is 0.590. The van der Waals surface area contributed by atoms with Gasteiger partial charge in [-0.1, -0.05) is 0 Å². The van der Waals surface area contributed by atoms with Crippen LogP contribution in [0.15, 0.2) is 17.0 Å². The predicted molar refractivity (Wildman–Crippen MR) is 59.4 cm³/mol. The molecule has 0 aliphatic carbocycles. The van der Waals surface area contributed by atoms with E-state index in [1.165, 1.54) is 0 Å². The lowest BCUT2D eigenvalue weighted by Crippen LogP contribution is -2.07. The SMILES string of the molecule is COc1cc([N+](=O)[O-])c(S(C)(=O)=O)c([N+](=O)[O-])c1. The van der Waals surface area contributed by atoms with Crippen molar-refractivity contribution >= 4 is 21.2 Å². The van der Waals surface area contributed by atoms with Gasteiger partial charge in [-0.2, -0.15) is 0 Å². The molecule has 10 heteroatoms. The number of sulfone groups is 1. The van der Waals surface area contributed by atoms with Crippen LogP contribution in [0.3, 0.4) is 0 Å². The molecule has 1 rings (SSSR count). The Kier molecular flexibility index (Phi) is 3.51. The van der Waals surface area contributed by atoms with E-state index in [0.29, 0.717) is 6.26 Å². The van der Waals surface area contributed by atoms with Crippen molar-refractivity contribution in [3.05, 3.63) is 32.4 Å². The van der Waals surface area contributed by atoms with Gasteiger partial charge >= 0.3 is 0 Å². The van der Waals surface area contributed by atoms with Crippen molar-refractivity contribution in [3.63, 3.8) is 0 Å². The highest BCUT2D eigenvalue weighted by atomic mass is 32.2. The highest BCUT2D eigenvalue weighted by molar-refractivity contribution is 7.91. The summed E-state index contributed by atoms with van der Waals surface area (Å²) < 4.78 is 27.5. The Balaban J connectivity index is 3.84. The first-order valence-electron chi connectivity index (χ1n) is 4.39. The molecule has 1 aromatic rings. The molecule has 0 heterocycles. The number of nitro benzene ring substituents is 2. The zero-order valence-corrected chi connectivity index (χ0v) is 10.1. The summed E-state index contributed by atoms with van der Waals surface area (Å²) >= 11 is 0. The zero-order valence-electron chi connectivity index (χ0n) is 9.32. The lowest BCUT2D eigenvalue weighted by Gasteiger charge is -2.05. The summed E-state index contributed by atoms with van der Waals surface area (Å²) in [5.41, 5.74) is -1.77. The zero-order chi connectivity index (χ0) is 14.1. The lowest BCUT2D eigenvalue weighted by atomic mass is 10.2. The van der Waals surface area contributed by atoms with Crippen LogP contribution in [0.2, 0.25) is 0 Å². The van der Waals surface area contributed by atoms with Crippen LogP contribution in [0.5, 0.6) is 5.75 Å². The second-order valence-electron chi connectivity index (χ2n) is 3.28. The molecule has 0 unspecified atom stereocenters. The Morgan fingerprint density at radius 1 is 1.11 bits per heavy atom. The van der Waals surface area contributed by atoms with Gasteiger partial charge in [0.2, 0.25) is 4.90 Å². The molecule has 0 fully saturated rings. The Morgan fingerprint density at radius 3 is 1.72 bits per heavy atom. The first-order chi connectivity index (χ1) is 8.18. The van der Waals surface area contributed by atoms with E-state index in [1.807, 2.05) is 0 Å². The Morgan fingerprint density at radius 2 is 1.50 bits per heavy atom. The van der Waals surface area contributed by atoms with E-state index >= 15 is 0 Å². The largest absolute Gasteiger partial charge is 0.496 e. The van der Waals surface area contributed by atoms with Crippen molar-refractivity contribution in [1.29, 1.82) is 0 Å². The molecule has 0 amide bonds. The minimum Gasteiger partial charge on any atom is -0.496 e. The third-order valence-corrected chi connectivity index (χ3v) is 3.18. The van der Waals surface area contributed by atoms with Crippen molar-refractivity contribution in [1.82, 2.24) is 0 Å². The van der Waals surface area contributed by atoms with Crippen molar-refractivity contribution in [2.24, 2.45) is 0 Å². The molecule has 0 radical (unpaired) electrons. The van der Waals surface area contributed by atoms with E-state index in [-0.39, 0.29) is 5.75 Å². The summed E-state index contributed by atoms with van der Waals surface area (Å²) in [4.78, 5) is 18.6. The van der Waals surface area contributed by atoms with Gasteiger partial charge in [0.25, 0.3) is 11.4 Å². The maximum atomic E-state index is 11.4. The minimum atomic E-state index is -4.12. The fraction of sp³-hybridized carbons (Fsp3) is 0.250. The van der Waals surface area contributed by atoms with Gasteiger partial charge in [0, 0.05) is 6.26 Å². The number of nitrogens with zero attached hydrogens (tertiary/aromatic N) is 2. The van der Waals surface area contributed by atoms with Gasteiger partial charge in [-0.15, -0.1) is 0 Å². The first-order valence-corrected chi connectivity index (χ1v) is 6.28. The smallest absolute Gasteiger partial charge is 0.298 e. The average molecular weight is 276 g/mol. The van der Waals surface area contributed by atoms with Crippen LogP contribution in [-0.4, -0.2) is 31.6 Å². The van der Waals surface area contributed by atoms with E-state index in [0.717, 1.165) is 19.2 Å². The van der Waals surface area contributed by atoms with Crippen molar-refractivity contribution in [2.45, 2.75) is 4.90 Å². The fourth-order valence-corrected chi connectivity index (χ4v) is 2.37. The van der Waals surface area contributed by atoms with Crippen LogP contribution in [-0.2, 0) is 9.84 Å². The fourth-order valence-electron chi connectivity index (χ4n) is 1.34.